The Labute approximate surface area is 143 Å². The van der Waals surface area contributed by atoms with Crippen LogP contribution in [0.4, 0.5) is 0 Å². The lowest BCUT2D eigenvalue weighted by molar-refractivity contribution is 0.0552. The average Bonchev–Trinajstić information content (AvgIpc) is 2.92. The molecule has 1 N–H and O–H groups in total. The Bertz CT molecular complexity index is 255. The van der Waals surface area contributed by atoms with Gasteiger partial charge in [0.15, 0.2) is 0 Å². The van der Waals surface area contributed by atoms with Crippen molar-refractivity contribution in [3.63, 3.8) is 0 Å². The zero-order valence-electron chi connectivity index (χ0n) is 16.3. The minimum absolute atomic E-state index is 0.306. The maximum Gasteiger partial charge on any atom is 0.0900 e. The van der Waals surface area contributed by atoms with Crippen molar-refractivity contribution < 1.29 is 14.6 Å². The van der Waals surface area contributed by atoms with Crippen LogP contribution in [0, 0.1) is 0 Å². The third-order valence-corrected chi connectivity index (χ3v) is 4.00. The third kappa shape index (κ3) is 11.1. The van der Waals surface area contributed by atoms with E-state index in [4.69, 9.17) is 9.47 Å². The second-order valence-electron chi connectivity index (χ2n) is 6.41. The highest BCUT2D eigenvalue weighted by molar-refractivity contribution is 4.70. The highest BCUT2D eigenvalue weighted by atomic mass is 16.5. The summed E-state index contributed by atoms with van der Waals surface area (Å²) < 4.78 is 10.5. The standard InChI is InChI=1S/C8H17NO2.C8H17NO.C2H6/c1-7(2)9-3-4-11-6-8(10)5-9;1-8(2)9-4-3-6-10-7-5-9;1-2/h7-8,10H,3-6H2,1-2H3;8H,3-7H2,1-2H3;1-2H3. The van der Waals surface area contributed by atoms with Crippen molar-refractivity contribution in [3.05, 3.63) is 0 Å². The summed E-state index contributed by atoms with van der Waals surface area (Å²) in [4.78, 5) is 4.70. The second-order valence-corrected chi connectivity index (χ2v) is 6.41. The Morgan fingerprint density at radius 3 is 2.00 bits per heavy atom. The molecule has 140 valence electrons. The molecule has 5 heteroatoms. The quantitative estimate of drug-likeness (QED) is 0.840. The van der Waals surface area contributed by atoms with Gasteiger partial charge in [0, 0.05) is 44.9 Å². The summed E-state index contributed by atoms with van der Waals surface area (Å²) in [5.74, 6) is 0. The van der Waals surface area contributed by atoms with Crippen LogP contribution in [-0.4, -0.2) is 85.7 Å². The Morgan fingerprint density at radius 1 is 0.826 bits per heavy atom. The molecular formula is C18H40N2O3. The van der Waals surface area contributed by atoms with Crippen LogP contribution in [0.3, 0.4) is 0 Å². The molecule has 1 atom stereocenters. The molecule has 5 nitrogen and oxygen atoms in total. The Kier molecular flexibility index (Phi) is 14.0. The minimum Gasteiger partial charge on any atom is -0.389 e. The predicted octanol–water partition coefficient (Wildman–Crippen LogP) is 2.23. The monoisotopic (exact) mass is 332 g/mol. The van der Waals surface area contributed by atoms with Crippen LogP contribution < -0.4 is 0 Å². The molecule has 1 unspecified atom stereocenters. The van der Waals surface area contributed by atoms with Crippen molar-refractivity contribution in [1.29, 1.82) is 0 Å². The topological polar surface area (TPSA) is 45.2 Å². The van der Waals surface area contributed by atoms with Crippen molar-refractivity contribution >= 4 is 0 Å². The zero-order valence-corrected chi connectivity index (χ0v) is 16.3. The van der Waals surface area contributed by atoms with Crippen LogP contribution in [-0.2, 0) is 9.47 Å². The van der Waals surface area contributed by atoms with E-state index in [1.807, 2.05) is 13.8 Å². The van der Waals surface area contributed by atoms with E-state index in [9.17, 15) is 5.11 Å². The van der Waals surface area contributed by atoms with Crippen LogP contribution in [0.15, 0.2) is 0 Å². The van der Waals surface area contributed by atoms with Gasteiger partial charge in [-0.2, -0.15) is 0 Å². The second kappa shape index (κ2) is 14.2. The molecule has 2 aliphatic rings. The Morgan fingerprint density at radius 2 is 1.39 bits per heavy atom. The van der Waals surface area contributed by atoms with Gasteiger partial charge < -0.3 is 14.6 Å². The van der Waals surface area contributed by atoms with Crippen LogP contribution in [0.2, 0.25) is 0 Å². The van der Waals surface area contributed by atoms with Gasteiger partial charge in [0.05, 0.1) is 25.9 Å². The summed E-state index contributed by atoms with van der Waals surface area (Å²) in [7, 11) is 0. The summed E-state index contributed by atoms with van der Waals surface area (Å²) >= 11 is 0. The molecule has 0 aromatic carbocycles. The summed E-state index contributed by atoms with van der Waals surface area (Å²) in [6.45, 7) is 19.9. The van der Waals surface area contributed by atoms with Gasteiger partial charge in [-0.25, -0.2) is 0 Å². The molecule has 0 saturated carbocycles. The van der Waals surface area contributed by atoms with Gasteiger partial charge in [-0.05, 0) is 34.1 Å². The molecule has 23 heavy (non-hydrogen) atoms. The van der Waals surface area contributed by atoms with Gasteiger partial charge in [-0.15, -0.1) is 0 Å². The number of rotatable bonds is 2. The van der Waals surface area contributed by atoms with Crippen LogP contribution in [0.1, 0.15) is 48.0 Å². The Hall–Kier alpha value is -0.200. The van der Waals surface area contributed by atoms with Gasteiger partial charge >= 0.3 is 0 Å². The molecule has 0 aromatic rings. The number of ether oxygens (including phenoxy) is 2. The SMILES string of the molecule is CC.CC(C)N1CCCOCC1.CC(C)N1CCOCC(O)C1. The lowest BCUT2D eigenvalue weighted by Crippen LogP contribution is -2.37. The zero-order chi connectivity index (χ0) is 17.7. The first-order valence-corrected chi connectivity index (χ1v) is 9.32. The summed E-state index contributed by atoms with van der Waals surface area (Å²) in [6.07, 6.45) is 0.887. The Balaban J connectivity index is 0.000000381. The van der Waals surface area contributed by atoms with Crippen molar-refractivity contribution in [2.45, 2.75) is 66.2 Å². The van der Waals surface area contributed by atoms with E-state index in [0.29, 0.717) is 18.7 Å². The lowest BCUT2D eigenvalue weighted by atomic mass is 10.3. The maximum absolute atomic E-state index is 9.34. The van der Waals surface area contributed by atoms with Crippen molar-refractivity contribution in [3.8, 4) is 0 Å². The molecule has 0 aromatic heterocycles. The third-order valence-electron chi connectivity index (χ3n) is 4.00. The summed E-state index contributed by atoms with van der Waals surface area (Å²) in [6, 6.07) is 1.19. The van der Waals surface area contributed by atoms with E-state index in [2.05, 4.69) is 37.5 Å². The van der Waals surface area contributed by atoms with Crippen LogP contribution in [0.5, 0.6) is 0 Å². The summed E-state index contributed by atoms with van der Waals surface area (Å²) in [5.41, 5.74) is 0. The number of β-amino-alcohol motifs (C(OH)–C–C–N with tert-alkyl or cyclic N) is 1. The molecule has 2 aliphatic heterocycles. The number of hydrogen-bond acceptors (Lipinski definition) is 5. The number of aliphatic hydroxyl groups is 1. The maximum atomic E-state index is 9.34. The molecular weight excluding hydrogens is 292 g/mol. The van der Waals surface area contributed by atoms with Gasteiger partial charge in [0.25, 0.3) is 0 Å². The van der Waals surface area contributed by atoms with Crippen LogP contribution in [0.25, 0.3) is 0 Å². The molecule has 2 heterocycles. The van der Waals surface area contributed by atoms with E-state index in [1.165, 1.54) is 13.0 Å². The fourth-order valence-electron chi connectivity index (χ4n) is 2.57. The fourth-order valence-corrected chi connectivity index (χ4v) is 2.57. The largest absolute Gasteiger partial charge is 0.389 e. The first-order valence-electron chi connectivity index (χ1n) is 9.32. The van der Waals surface area contributed by atoms with Gasteiger partial charge in [-0.3, -0.25) is 9.80 Å². The van der Waals surface area contributed by atoms with Crippen LogP contribution >= 0.6 is 0 Å². The molecule has 2 rings (SSSR count). The van der Waals surface area contributed by atoms with Gasteiger partial charge in [0.2, 0.25) is 0 Å². The minimum atomic E-state index is -0.306. The number of aliphatic hydroxyl groups excluding tert-OH is 1. The van der Waals surface area contributed by atoms with Crippen molar-refractivity contribution in [2.75, 3.05) is 52.6 Å². The highest BCUT2D eigenvalue weighted by Gasteiger charge is 2.17. The van der Waals surface area contributed by atoms with Crippen molar-refractivity contribution in [1.82, 2.24) is 9.80 Å². The first kappa shape index (κ1) is 22.8. The van der Waals surface area contributed by atoms with E-state index in [-0.39, 0.29) is 6.10 Å². The number of nitrogens with zero attached hydrogens (tertiary/aromatic N) is 2. The van der Waals surface area contributed by atoms with Gasteiger partial charge in [-0.1, -0.05) is 13.8 Å². The van der Waals surface area contributed by atoms with Gasteiger partial charge in [0.1, 0.15) is 0 Å². The molecule has 2 saturated heterocycles. The number of hydrogen-bond donors (Lipinski definition) is 1. The molecule has 0 spiro atoms. The van der Waals surface area contributed by atoms with E-state index >= 15 is 0 Å². The normalized spacial score (nSPS) is 24.1. The molecule has 0 radical (unpaired) electrons. The molecule has 0 aliphatic carbocycles. The molecule has 0 bridgehead atoms. The van der Waals surface area contributed by atoms with E-state index in [0.717, 1.165) is 39.5 Å². The average molecular weight is 333 g/mol. The smallest absolute Gasteiger partial charge is 0.0900 e. The highest BCUT2D eigenvalue weighted by Crippen LogP contribution is 2.04. The van der Waals surface area contributed by atoms with Crippen molar-refractivity contribution in [2.24, 2.45) is 0 Å². The first-order chi connectivity index (χ1) is 11.0. The lowest BCUT2D eigenvalue weighted by Gasteiger charge is -2.24. The molecule has 0 amide bonds. The van der Waals surface area contributed by atoms with E-state index in [1.54, 1.807) is 0 Å². The molecule has 2 fully saturated rings. The summed E-state index contributed by atoms with van der Waals surface area (Å²) in [5, 5.41) is 9.34. The van der Waals surface area contributed by atoms with E-state index < -0.39 is 0 Å². The predicted molar refractivity (Wildman–Crippen MR) is 97.0 cm³/mol. The fraction of sp³-hybridized carbons (Fsp3) is 1.00.